The summed E-state index contributed by atoms with van der Waals surface area (Å²) in [7, 11) is 1.59. The maximum atomic E-state index is 12.2. The number of aryl methyl sites for hydroxylation is 1. The van der Waals surface area contributed by atoms with Gasteiger partial charge in [0.15, 0.2) is 0 Å². The Kier molecular flexibility index (Phi) is 5.68. The lowest BCUT2D eigenvalue weighted by molar-refractivity contribution is -0.113. The van der Waals surface area contributed by atoms with Gasteiger partial charge in [0, 0.05) is 16.6 Å². The van der Waals surface area contributed by atoms with Crippen molar-refractivity contribution in [3.8, 4) is 16.5 Å². The number of amides is 1. The number of ether oxygens (including phenoxy) is 1. The molecule has 3 aromatic rings. The average molecular weight is 416 g/mol. The Morgan fingerprint density at radius 3 is 3.14 bits per heavy atom. The van der Waals surface area contributed by atoms with Crippen molar-refractivity contribution in [1.82, 2.24) is 10.2 Å². The fourth-order valence-electron chi connectivity index (χ4n) is 3.20. The predicted octanol–water partition coefficient (Wildman–Crippen LogP) is 4.66. The Morgan fingerprint density at radius 1 is 1.39 bits per heavy atom. The van der Waals surface area contributed by atoms with Gasteiger partial charge in [-0.15, -0.1) is 21.5 Å². The first-order chi connectivity index (χ1) is 13.6. The van der Waals surface area contributed by atoms with Crippen LogP contribution in [0.2, 0.25) is 0 Å². The number of nitrogens with zero attached hydrogens (tertiary/aromatic N) is 2. The third kappa shape index (κ3) is 4.39. The van der Waals surface area contributed by atoms with Crippen LogP contribution in [-0.2, 0) is 17.6 Å². The molecule has 28 heavy (non-hydrogen) atoms. The summed E-state index contributed by atoms with van der Waals surface area (Å²) < 4.78 is 10.9. The normalized spacial score (nSPS) is 15.9. The van der Waals surface area contributed by atoms with E-state index in [9.17, 15) is 4.79 Å². The first-order valence-corrected chi connectivity index (χ1v) is 10.9. The molecule has 0 unspecified atom stereocenters. The molecule has 8 heteroatoms. The van der Waals surface area contributed by atoms with E-state index in [-0.39, 0.29) is 11.7 Å². The van der Waals surface area contributed by atoms with Crippen molar-refractivity contribution in [2.75, 3.05) is 18.2 Å². The summed E-state index contributed by atoms with van der Waals surface area (Å²) in [5.74, 6) is 2.00. The van der Waals surface area contributed by atoms with E-state index in [2.05, 4.69) is 28.5 Å². The van der Waals surface area contributed by atoms with Crippen molar-refractivity contribution in [3.63, 3.8) is 0 Å². The number of thiophene rings is 1. The van der Waals surface area contributed by atoms with Gasteiger partial charge in [0.05, 0.1) is 17.7 Å². The molecule has 0 saturated heterocycles. The third-order valence-electron chi connectivity index (χ3n) is 4.63. The summed E-state index contributed by atoms with van der Waals surface area (Å²) in [5, 5.41) is 11.5. The molecule has 146 valence electrons. The highest BCUT2D eigenvalue weighted by Crippen LogP contribution is 2.37. The van der Waals surface area contributed by atoms with Crippen LogP contribution < -0.4 is 10.1 Å². The van der Waals surface area contributed by atoms with Crippen molar-refractivity contribution in [2.24, 2.45) is 5.92 Å². The number of fused-ring (bicyclic) bond motifs is 1. The summed E-state index contributed by atoms with van der Waals surface area (Å²) in [6.07, 6.45) is 3.48. The number of benzene rings is 1. The molecule has 1 atom stereocenters. The molecule has 2 heterocycles. The summed E-state index contributed by atoms with van der Waals surface area (Å²) in [4.78, 5) is 14.6. The number of methoxy groups -OCH3 is 1. The van der Waals surface area contributed by atoms with Gasteiger partial charge in [-0.25, -0.2) is 0 Å². The minimum Gasteiger partial charge on any atom is -0.497 e. The molecular formula is C20H21N3O3S2. The van der Waals surface area contributed by atoms with Crippen molar-refractivity contribution >= 4 is 34.7 Å². The summed E-state index contributed by atoms with van der Waals surface area (Å²) in [6.45, 7) is 2.29. The van der Waals surface area contributed by atoms with Crippen LogP contribution in [0.15, 0.2) is 40.0 Å². The number of carbonyl (C=O) groups is 1. The topological polar surface area (TPSA) is 77.2 Å². The number of aromatic nitrogens is 2. The fraction of sp³-hybridized carbons (Fsp3) is 0.350. The van der Waals surface area contributed by atoms with Gasteiger partial charge in [0.2, 0.25) is 5.91 Å². The lowest BCUT2D eigenvalue weighted by atomic mass is 9.90. The average Bonchev–Trinajstić information content (AvgIpc) is 3.33. The zero-order valence-corrected chi connectivity index (χ0v) is 17.4. The molecule has 0 bridgehead atoms. The van der Waals surface area contributed by atoms with Crippen LogP contribution in [0.3, 0.4) is 0 Å². The van der Waals surface area contributed by atoms with Gasteiger partial charge in [-0.05, 0) is 48.9 Å². The van der Waals surface area contributed by atoms with E-state index in [1.54, 1.807) is 24.5 Å². The molecule has 0 saturated carbocycles. The van der Waals surface area contributed by atoms with Crippen LogP contribution in [0.5, 0.6) is 5.75 Å². The Hall–Kier alpha value is -2.32. The van der Waals surface area contributed by atoms with Crippen LogP contribution in [-0.4, -0.2) is 29.0 Å². The monoisotopic (exact) mass is 415 g/mol. The smallest absolute Gasteiger partial charge is 0.277 e. The standard InChI is InChI=1S/C20H21N3O3S2/c1-12-6-7-16-13(8-12)9-17(28-16)19-22-23-20(26-19)27-11-18(24)21-14-4-3-5-15(10-14)25-2/h3-5,9-10,12H,6-8,11H2,1-2H3,(H,21,24)/t12-/m0/s1. The molecule has 1 N–H and O–H groups in total. The number of thioether (sulfide) groups is 1. The molecule has 1 aliphatic rings. The predicted molar refractivity (Wildman–Crippen MR) is 111 cm³/mol. The first kappa shape index (κ1) is 19.0. The second-order valence-electron chi connectivity index (χ2n) is 6.85. The number of anilines is 1. The lowest BCUT2D eigenvalue weighted by Crippen LogP contribution is -2.13. The first-order valence-electron chi connectivity index (χ1n) is 9.13. The summed E-state index contributed by atoms with van der Waals surface area (Å²) >= 11 is 2.97. The second kappa shape index (κ2) is 8.36. The largest absolute Gasteiger partial charge is 0.497 e. The summed E-state index contributed by atoms with van der Waals surface area (Å²) in [5.41, 5.74) is 2.10. The van der Waals surface area contributed by atoms with Gasteiger partial charge >= 0.3 is 0 Å². The van der Waals surface area contributed by atoms with Gasteiger partial charge in [-0.2, -0.15) is 0 Å². The van der Waals surface area contributed by atoms with Gasteiger partial charge < -0.3 is 14.5 Å². The molecule has 2 aromatic heterocycles. The van der Waals surface area contributed by atoms with E-state index < -0.39 is 0 Å². The Balaban J connectivity index is 1.35. The Morgan fingerprint density at radius 2 is 2.29 bits per heavy atom. The molecular weight excluding hydrogens is 394 g/mol. The maximum Gasteiger partial charge on any atom is 0.277 e. The number of nitrogens with one attached hydrogen (secondary N) is 1. The van der Waals surface area contributed by atoms with E-state index in [1.165, 1.54) is 28.6 Å². The Bertz CT molecular complexity index is 983. The second-order valence-corrected chi connectivity index (χ2v) is 8.91. The van der Waals surface area contributed by atoms with Crippen molar-refractivity contribution < 1.29 is 13.9 Å². The highest BCUT2D eigenvalue weighted by atomic mass is 32.2. The van der Waals surface area contributed by atoms with Crippen molar-refractivity contribution in [3.05, 3.63) is 40.8 Å². The maximum absolute atomic E-state index is 12.2. The van der Waals surface area contributed by atoms with Gasteiger partial charge in [-0.3, -0.25) is 4.79 Å². The Labute approximate surface area is 171 Å². The lowest BCUT2D eigenvalue weighted by Gasteiger charge is -2.16. The molecule has 0 fully saturated rings. The minimum atomic E-state index is -0.140. The van der Waals surface area contributed by atoms with E-state index >= 15 is 0 Å². The molecule has 6 nitrogen and oxygen atoms in total. The van der Waals surface area contributed by atoms with E-state index in [0.29, 0.717) is 22.6 Å². The van der Waals surface area contributed by atoms with Crippen LogP contribution in [0.1, 0.15) is 23.8 Å². The molecule has 0 spiro atoms. The van der Waals surface area contributed by atoms with E-state index in [0.717, 1.165) is 23.6 Å². The van der Waals surface area contributed by atoms with Crippen LogP contribution >= 0.6 is 23.1 Å². The van der Waals surface area contributed by atoms with Gasteiger partial charge in [-0.1, -0.05) is 24.8 Å². The van der Waals surface area contributed by atoms with E-state index in [4.69, 9.17) is 9.15 Å². The van der Waals surface area contributed by atoms with Gasteiger partial charge in [0.1, 0.15) is 5.75 Å². The van der Waals surface area contributed by atoms with Crippen LogP contribution in [0.25, 0.3) is 10.8 Å². The van der Waals surface area contributed by atoms with E-state index in [1.807, 2.05) is 18.2 Å². The van der Waals surface area contributed by atoms with Gasteiger partial charge in [0.25, 0.3) is 11.1 Å². The SMILES string of the molecule is COc1cccc(NC(=O)CSc2nnc(-c3cc4c(s3)CC[C@H](C)C4)o2)c1. The quantitative estimate of drug-likeness (QED) is 0.590. The van der Waals surface area contributed by atoms with Crippen LogP contribution in [0, 0.1) is 5.92 Å². The molecule has 0 aliphatic heterocycles. The zero-order chi connectivity index (χ0) is 19.5. The number of hydrogen-bond acceptors (Lipinski definition) is 7. The van der Waals surface area contributed by atoms with Crippen LogP contribution in [0.4, 0.5) is 5.69 Å². The molecule has 4 rings (SSSR count). The van der Waals surface area contributed by atoms with Crippen molar-refractivity contribution in [1.29, 1.82) is 0 Å². The third-order valence-corrected chi connectivity index (χ3v) is 6.67. The molecule has 1 aromatic carbocycles. The summed E-state index contributed by atoms with van der Waals surface area (Å²) in [6, 6.07) is 9.41. The highest BCUT2D eigenvalue weighted by Gasteiger charge is 2.21. The number of rotatable bonds is 6. The fourth-order valence-corrected chi connectivity index (χ4v) is 4.90. The van der Waals surface area contributed by atoms with Crippen molar-refractivity contribution in [2.45, 2.75) is 31.4 Å². The molecule has 0 radical (unpaired) electrons. The zero-order valence-electron chi connectivity index (χ0n) is 15.7. The number of hydrogen-bond donors (Lipinski definition) is 1. The number of carbonyl (C=O) groups excluding carboxylic acids is 1. The molecule has 1 aliphatic carbocycles. The molecule has 1 amide bonds. The highest BCUT2D eigenvalue weighted by molar-refractivity contribution is 7.99. The minimum absolute atomic E-state index is 0.140.